The number of hydrogen-bond acceptors (Lipinski definition) is 4. The molecule has 0 N–H and O–H groups in total. The molecule has 0 bridgehead atoms. The summed E-state index contributed by atoms with van der Waals surface area (Å²) >= 11 is 0. The predicted molar refractivity (Wildman–Crippen MR) is 216 cm³/mol. The fraction of sp³-hybridized carbons (Fsp3) is 0. The first-order chi connectivity index (χ1) is 25.8. The Labute approximate surface area is 298 Å². The van der Waals surface area contributed by atoms with Crippen molar-refractivity contribution in [1.82, 2.24) is 19.9 Å². The van der Waals surface area contributed by atoms with E-state index in [0.717, 1.165) is 77.1 Å². The molecule has 11 aromatic rings. The van der Waals surface area contributed by atoms with Crippen LogP contribution in [0.2, 0.25) is 0 Å². The largest absolute Gasteiger partial charge is 0.256 e. The second-order valence-corrected chi connectivity index (χ2v) is 13.4. The van der Waals surface area contributed by atoms with Crippen molar-refractivity contribution in [3.05, 3.63) is 170 Å². The summed E-state index contributed by atoms with van der Waals surface area (Å²) in [5.41, 5.74) is 10.3. The molecule has 0 amide bonds. The molecule has 4 nitrogen and oxygen atoms in total. The zero-order chi connectivity index (χ0) is 34.2. The first-order valence-corrected chi connectivity index (χ1v) is 17.5. The fourth-order valence-corrected chi connectivity index (χ4v) is 8.13. The van der Waals surface area contributed by atoms with Crippen LogP contribution in [-0.4, -0.2) is 19.9 Å². The third-order valence-corrected chi connectivity index (χ3v) is 10.5. The van der Waals surface area contributed by atoms with Crippen molar-refractivity contribution in [1.29, 1.82) is 0 Å². The minimum absolute atomic E-state index is 0.912. The number of nitrogens with zero attached hydrogens (tertiary/aromatic N) is 4. The van der Waals surface area contributed by atoms with Gasteiger partial charge in [-0.25, -0.2) is 4.98 Å². The Hall–Kier alpha value is -7.04. The Kier molecular flexibility index (Phi) is 6.22. The molecule has 0 fully saturated rings. The number of benzene rings is 7. The van der Waals surface area contributed by atoms with Gasteiger partial charge in [-0.15, -0.1) is 0 Å². The number of hydrogen-bond donors (Lipinski definition) is 0. The van der Waals surface area contributed by atoms with Gasteiger partial charge < -0.3 is 0 Å². The van der Waals surface area contributed by atoms with Gasteiger partial charge >= 0.3 is 0 Å². The molecular formula is C48H28N4. The molecule has 240 valence electrons. The number of aromatic nitrogens is 4. The molecule has 4 heteroatoms. The third-order valence-electron chi connectivity index (χ3n) is 10.5. The Bertz CT molecular complexity index is 3260. The van der Waals surface area contributed by atoms with Crippen molar-refractivity contribution in [2.45, 2.75) is 0 Å². The zero-order valence-electron chi connectivity index (χ0n) is 28.0. The van der Waals surface area contributed by atoms with Crippen molar-refractivity contribution in [3.63, 3.8) is 0 Å². The maximum atomic E-state index is 5.50. The van der Waals surface area contributed by atoms with Crippen LogP contribution in [0.15, 0.2) is 170 Å². The summed E-state index contributed by atoms with van der Waals surface area (Å²) in [5.74, 6) is 0. The van der Waals surface area contributed by atoms with Crippen LogP contribution in [0.4, 0.5) is 0 Å². The summed E-state index contributed by atoms with van der Waals surface area (Å²) in [5, 5.41) is 11.7. The Morgan fingerprint density at radius 2 is 1.00 bits per heavy atom. The molecule has 4 aromatic heterocycles. The molecule has 11 rings (SSSR count). The highest BCUT2D eigenvalue weighted by molar-refractivity contribution is 6.31. The van der Waals surface area contributed by atoms with Crippen LogP contribution in [0.5, 0.6) is 0 Å². The van der Waals surface area contributed by atoms with Gasteiger partial charge in [0.15, 0.2) is 0 Å². The molecule has 0 aliphatic carbocycles. The van der Waals surface area contributed by atoms with E-state index in [0.29, 0.717) is 0 Å². The lowest BCUT2D eigenvalue weighted by Gasteiger charge is -2.15. The molecule has 0 aliphatic rings. The van der Waals surface area contributed by atoms with Gasteiger partial charge in [0.25, 0.3) is 0 Å². The van der Waals surface area contributed by atoms with Gasteiger partial charge in [-0.1, -0.05) is 109 Å². The van der Waals surface area contributed by atoms with Crippen LogP contribution in [0, 0.1) is 0 Å². The Balaban J connectivity index is 1.08. The van der Waals surface area contributed by atoms with E-state index < -0.39 is 0 Å². The summed E-state index contributed by atoms with van der Waals surface area (Å²) in [6, 6.07) is 54.0. The number of fused-ring (bicyclic) bond motifs is 12. The molecule has 0 aliphatic heterocycles. The standard InChI is InChI=1S/C48H28N4/c1-3-15-37-35(13-1)36-14-2-5-17-39(36)47-44(37)38-16-4-6-18-40(38)45(52-47)31-11-7-10-29(24-31)34-26-33-25-30(20-21-43(33)51-28-34)42-27-32-12-8-22-49-46(32)48-41(42)19-9-23-50-48/h1-28H. The lowest BCUT2D eigenvalue weighted by Crippen LogP contribution is -1.93. The molecule has 7 aromatic carbocycles. The SMILES string of the molecule is c1cc(-c2cnc3ccc(-c4cc5cccnc5c5ncccc45)cc3c2)cc(-c2nc3c4ccccc4c4ccccc4c3c3ccccc23)c1. The van der Waals surface area contributed by atoms with Crippen LogP contribution in [0.1, 0.15) is 0 Å². The minimum Gasteiger partial charge on any atom is -0.256 e. The summed E-state index contributed by atoms with van der Waals surface area (Å²) in [4.78, 5) is 19.8. The average molecular weight is 661 g/mol. The predicted octanol–water partition coefficient (Wildman–Crippen LogP) is 12.3. The van der Waals surface area contributed by atoms with E-state index in [1.807, 2.05) is 30.7 Å². The minimum atomic E-state index is 0.912. The maximum Gasteiger partial charge on any atom is 0.0970 e. The van der Waals surface area contributed by atoms with Gasteiger partial charge in [-0.3, -0.25) is 15.0 Å². The monoisotopic (exact) mass is 660 g/mol. The quantitative estimate of drug-likeness (QED) is 0.177. The summed E-state index contributed by atoms with van der Waals surface area (Å²) in [6.07, 6.45) is 5.65. The highest BCUT2D eigenvalue weighted by Gasteiger charge is 2.17. The van der Waals surface area contributed by atoms with Crippen LogP contribution in [0.25, 0.3) is 109 Å². The van der Waals surface area contributed by atoms with Crippen LogP contribution < -0.4 is 0 Å². The third kappa shape index (κ3) is 4.34. The van der Waals surface area contributed by atoms with Gasteiger partial charge in [0.05, 0.1) is 27.8 Å². The van der Waals surface area contributed by atoms with Gasteiger partial charge in [0.2, 0.25) is 0 Å². The second kappa shape index (κ2) is 11.2. The average Bonchev–Trinajstić information content (AvgIpc) is 3.22. The maximum absolute atomic E-state index is 5.50. The fourth-order valence-electron chi connectivity index (χ4n) is 8.13. The highest BCUT2D eigenvalue weighted by atomic mass is 14.7. The van der Waals surface area contributed by atoms with Crippen LogP contribution in [0.3, 0.4) is 0 Å². The molecule has 0 unspecified atom stereocenters. The lowest BCUT2D eigenvalue weighted by atomic mass is 9.92. The topological polar surface area (TPSA) is 51.6 Å². The van der Waals surface area contributed by atoms with Crippen molar-refractivity contribution >= 4 is 75.9 Å². The number of pyridine rings is 4. The van der Waals surface area contributed by atoms with E-state index in [-0.39, 0.29) is 0 Å². The van der Waals surface area contributed by atoms with Gasteiger partial charge in [0, 0.05) is 62.0 Å². The number of rotatable bonds is 3. The van der Waals surface area contributed by atoms with Gasteiger partial charge in [-0.05, 0) is 80.7 Å². The normalized spacial score (nSPS) is 11.8. The van der Waals surface area contributed by atoms with E-state index in [9.17, 15) is 0 Å². The van der Waals surface area contributed by atoms with E-state index in [2.05, 4.69) is 145 Å². The Morgan fingerprint density at radius 3 is 1.85 bits per heavy atom. The van der Waals surface area contributed by atoms with E-state index in [1.165, 1.54) is 32.3 Å². The molecule has 0 atom stereocenters. The van der Waals surface area contributed by atoms with Crippen LogP contribution in [-0.2, 0) is 0 Å². The van der Waals surface area contributed by atoms with E-state index >= 15 is 0 Å². The van der Waals surface area contributed by atoms with E-state index in [4.69, 9.17) is 15.0 Å². The summed E-state index contributed by atoms with van der Waals surface area (Å²) in [7, 11) is 0. The molecule has 4 heterocycles. The molecule has 0 saturated heterocycles. The Morgan fingerprint density at radius 1 is 0.346 bits per heavy atom. The smallest absolute Gasteiger partial charge is 0.0970 e. The molecule has 0 spiro atoms. The second-order valence-electron chi connectivity index (χ2n) is 13.4. The molecular weight excluding hydrogens is 633 g/mol. The van der Waals surface area contributed by atoms with Crippen molar-refractivity contribution in [3.8, 4) is 33.5 Å². The van der Waals surface area contributed by atoms with Crippen LogP contribution >= 0.6 is 0 Å². The summed E-state index contributed by atoms with van der Waals surface area (Å²) in [6.45, 7) is 0. The first-order valence-electron chi connectivity index (χ1n) is 17.5. The molecule has 0 saturated carbocycles. The first kappa shape index (κ1) is 28.8. The van der Waals surface area contributed by atoms with Crippen molar-refractivity contribution < 1.29 is 0 Å². The summed E-state index contributed by atoms with van der Waals surface area (Å²) < 4.78 is 0. The van der Waals surface area contributed by atoms with Crippen molar-refractivity contribution in [2.24, 2.45) is 0 Å². The zero-order valence-corrected chi connectivity index (χ0v) is 28.0. The van der Waals surface area contributed by atoms with Gasteiger partial charge in [-0.2, -0.15) is 0 Å². The lowest BCUT2D eigenvalue weighted by molar-refractivity contribution is 1.37. The molecule has 0 radical (unpaired) electrons. The highest BCUT2D eigenvalue weighted by Crippen LogP contribution is 2.41. The van der Waals surface area contributed by atoms with E-state index in [1.54, 1.807) is 0 Å². The van der Waals surface area contributed by atoms with Crippen molar-refractivity contribution in [2.75, 3.05) is 0 Å². The van der Waals surface area contributed by atoms with Gasteiger partial charge in [0.1, 0.15) is 0 Å². The molecule has 52 heavy (non-hydrogen) atoms.